The van der Waals surface area contributed by atoms with E-state index in [9.17, 15) is 0 Å². The van der Waals surface area contributed by atoms with Crippen LogP contribution in [0.4, 0.5) is 0 Å². The van der Waals surface area contributed by atoms with Gasteiger partial charge in [-0.25, -0.2) is 0 Å². The number of halogens is 1. The van der Waals surface area contributed by atoms with E-state index in [1.54, 1.807) is 0 Å². The van der Waals surface area contributed by atoms with Gasteiger partial charge in [0.25, 0.3) is 0 Å². The number of rotatable bonds is 5. The van der Waals surface area contributed by atoms with Gasteiger partial charge in [0.2, 0.25) is 11.8 Å². The monoisotopic (exact) mass is 382 g/mol. The third-order valence-electron chi connectivity index (χ3n) is 4.85. The van der Waals surface area contributed by atoms with Crippen molar-refractivity contribution < 1.29 is 4.42 Å². The van der Waals surface area contributed by atoms with Gasteiger partial charge < -0.3 is 4.42 Å². The average molecular weight is 383 g/mol. The molecule has 0 unspecified atom stereocenters. The molecule has 0 radical (unpaired) electrons. The minimum atomic E-state index is 0.591. The highest BCUT2D eigenvalue weighted by Crippen LogP contribution is 2.20. The van der Waals surface area contributed by atoms with Crippen LogP contribution in [0.5, 0.6) is 0 Å². The molecule has 0 bridgehead atoms. The first-order valence-electron chi connectivity index (χ1n) is 9.24. The van der Waals surface area contributed by atoms with Gasteiger partial charge in [-0.1, -0.05) is 41.4 Å². The fourth-order valence-corrected chi connectivity index (χ4v) is 3.62. The Morgan fingerprint density at radius 1 is 0.926 bits per heavy atom. The second kappa shape index (κ2) is 8.21. The average Bonchev–Trinajstić information content (AvgIpc) is 3.12. The van der Waals surface area contributed by atoms with Crippen LogP contribution in [-0.4, -0.2) is 46.2 Å². The van der Waals surface area contributed by atoms with Crippen molar-refractivity contribution >= 4 is 11.6 Å². The molecule has 1 aliphatic rings. The van der Waals surface area contributed by atoms with Gasteiger partial charge in [0.05, 0.1) is 6.54 Å². The molecule has 0 aliphatic carbocycles. The lowest BCUT2D eigenvalue weighted by atomic mass is 10.1. The summed E-state index contributed by atoms with van der Waals surface area (Å²) in [6.45, 7) is 7.71. The van der Waals surface area contributed by atoms with Crippen molar-refractivity contribution in [3.63, 3.8) is 0 Å². The van der Waals surface area contributed by atoms with Gasteiger partial charge in [-0.05, 0) is 36.8 Å². The largest absolute Gasteiger partial charge is 0.419 e. The highest BCUT2D eigenvalue weighted by molar-refractivity contribution is 6.30. The highest BCUT2D eigenvalue weighted by Gasteiger charge is 2.19. The van der Waals surface area contributed by atoms with Crippen LogP contribution >= 0.6 is 11.6 Å². The fraction of sp³-hybridized carbons (Fsp3) is 0.333. The molecule has 4 rings (SSSR count). The van der Waals surface area contributed by atoms with Crippen LogP contribution in [0.25, 0.3) is 11.5 Å². The van der Waals surface area contributed by atoms with Crippen LogP contribution in [0.2, 0.25) is 5.02 Å². The molecule has 27 heavy (non-hydrogen) atoms. The van der Waals surface area contributed by atoms with Gasteiger partial charge in [0.1, 0.15) is 0 Å². The number of nitrogens with zero attached hydrogens (tertiary/aromatic N) is 4. The molecule has 6 heteroatoms. The smallest absolute Gasteiger partial charge is 0.247 e. The summed E-state index contributed by atoms with van der Waals surface area (Å²) in [6.07, 6.45) is 0. The number of benzene rings is 2. The maximum Gasteiger partial charge on any atom is 0.247 e. The second-order valence-corrected chi connectivity index (χ2v) is 7.49. The van der Waals surface area contributed by atoms with Crippen LogP contribution in [0.3, 0.4) is 0 Å². The molecule has 5 nitrogen and oxygen atoms in total. The van der Waals surface area contributed by atoms with Crippen molar-refractivity contribution in [2.45, 2.75) is 20.0 Å². The summed E-state index contributed by atoms with van der Waals surface area (Å²) in [7, 11) is 0. The molecule has 1 aliphatic heterocycles. The van der Waals surface area contributed by atoms with Crippen molar-refractivity contribution in [3.05, 3.63) is 70.6 Å². The van der Waals surface area contributed by atoms with Gasteiger partial charge in [-0.3, -0.25) is 9.80 Å². The Balaban J connectivity index is 1.31. The van der Waals surface area contributed by atoms with E-state index in [1.165, 1.54) is 11.1 Å². The third kappa shape index (κ3) is 4.75. The van der Waals surface area contributed by atoms with Crippen LogP contribution in [0.15, 0.2) is 52.9 Å². The first kappa shape index (κ1) is 18.2. The van der Waals surface area contributed by atoms with E-state index in [2.05, 4.69) is 45.1 Å². The fourth-order valence-electron chi connectivity index (χ4n) is 3.40. The Labute approximate surface area is 164 Å². The maximum atomic E-state index is 6.08. The molecule has 0 amide bonds. The van der Waals surface area contributed by atoms with Gasteiger partial charge in [0.15, 0.2) is 0 Å². The molecule has 1 saturated heterocycles. The van der Waals surface area contributed by atoms with Crippen molar-refractivity contribution in [1.82, 2.24) is 20.0 Å². The third-order valence-corrected chi connectivity index (χ3v) is 5.09. The van der Waals surface area contributed by atoms with E-state index < -0.39 is 0 Å². The number of aromatic nitrogens is 2. The minimum Gasteiger partial charge on any atom is -0.419 e. The molecule has 1 fully saturated rings. The summed E-state index contributed by atoms with van der Waals surface area (Å²) in [5.74, 6) is 1.27. The molecule has 0 N–H and O–H groups in total. The SMILES string of the molecule is Cc1cccc(-c2nnc(CN3CCN(Cc4cccc(Cl)c4)CC3)o2)c1. The molecule has 1 aromatic heterocycles. The van der Waals surface area contributed by atoms with Crippen LogP contribution in [-0.2, 0) is 13.1 Å². The molecule has 0 saturated carbocycles. The summed E-state index contributed by atoms with van der Waals surface area (Å²) < 4.78 is 5.87. The Hall–Kier alpha value is -2.21. The summed E-state index contributed by atoms with van der Waals surface area (Å²) in [6, 6.07) is 16.2. The molecule has 0 spiro atoms. The zero-order chi connectivity index (χ0) is 18.6. The molecule has 2 heterocycles. The van der Waals surface area contributed by atoms with E-state index >= 15 is 0 Å². The number of hydrogen-bond donors (Lipinski definition) is 0. The minimum absolute atomic E-state index is 0.591. The molecule has 3 aromatic rings. The summed E-state index contributed by atoms with van der Waals surface area (Å²) >= 11 is 6.08. The van der Waals surface area contributed by atoms with Crippen LogP contribution in [0, 0.1) is 6.92 Å². The van der Waals surface area contributed by atoms with Crippen molar-refractivity contribution in [1.29, 1.82) is 0 Å². The van der Waals surface area contributed by atoms with E-state index in [0.29, 0.717) is 18.3 Å². The lowest BCUT2D eigenvalue weighted by molar-refractivity contribution is 0.114. The normalized spacial score (nSPS) is 15.9. The van der Waals surface area contributed by atoms with Gasteiger partial charge in [-0.2, -0.15) is 0 Å². The van der Waals surface area contributed by atoms with E-state index in [4.69, 9.17) is 16.0 Å². The quantitative estimate of drug-likeness (QED) is 0.667. The van der Waals surface area contributed by atoms with E-state index in [1.807, 2.05) is 30.3 Å². The number of hydrogen-bond acceptors (Lipinski definition) is 5. The van der Waals surface area contributed by atoms with Gasteiger partial charge in [-0.15, -0.1) is 10.2 Å². The lowest BCUT2D eigenvalue weighted by Gasteiger charge is -2.33. The number of piperazine rings is 1. The van der Waals surface area contributed by atoms with Crippen molar-refractivity contribution in [2.75, 3.05) is 26.2 Å². The highest BCUT2D eigenvalue weighted by atomic mass is 35.5. The Bertz CT molecular complexity index is 902. The maximum absolute atomic E-state index is 6.08. The summed E-state index contributed by atoms with van der Waals surface area (Å²) in [5, 5.41) is 9.23. The molecule has 2 aromatic carbocycles. The zero-order valence-electron chi connectivity index (χ0n) is 15.4. The first-order chi connectivity index (χ1) is 13.2. The van der Waals surface area contributed by atoms with Crippen molar-refractivity contribution in [2.24, 2.45) is 0 Å². The van der Waals surface area contributed by atoms with Gasteiger partial charge in [0, 0.05) is 43.3 Å². The summed E-state index contributed by atoms with van der Waals surface area (Å²) in [4.78, 5) is 4.82. The van der Waals surface area contributed by atoms with E-state index in [-0.39, 0.29) is 0 Å². The first-order valence-corrected chi connectivity index (χ1v) is 9.62. The molecule has 0 atom stereocenters. The standard InChI is InChI=1S/C21H23ClN4O/c1-16-4-2-6-18(12-16)21-24-23-20(27-21)15-26-10-8-25(9-11-26)14-17-5-3-7-19(22)13-17/h2-7,12-13H,8-11,14-15H2,1H3. The predicted octanol–water partition coefficient (Wildman–Crippen LogP) is 4.02. The van der Waals surface area contributed by atoms with Crippen molar-refractivity contribution in [3.8, 4) is 11.5 Å². The topological polar surface area (TPSA) is 45.4 Å². The Morgan fingerprint density at radius 3 is 2.41 bits per heavy atom. The lowest BCUT2D eigenvalue weighted by Crippen LogP contribution is -2.45. The predicted molar refractivity (Wildman–Crippen MR) is 106 cm³/mol. The molecular weight excluding hydrogens is 360 g/mol. The van der Waals surface area contributed by atoms with Crippen LogP contribution in [0.1, 0.15) is 17.0 Å². The van der Waals surface area contributed by atoms with Crippen LogP contribution < -0.4 is 0 Å². The number of aryl methyl sites for hydroxylation is 1. The second-order valence-electron chi connectivity index (χ2n) is 7.05. The molecular formula is C21H23ClN4O. The van der Waals surface area contributed by atoms with Gasteiger partial charge >= 0.3 is 0 Å². The van der Waals surface area contributed by atoms with E-state index in [0.717, 1.165) is 43.3 Å². The molecule has 140 valence electrons. The Morgan fingerprint density at radius 2 is 1.67 bits per heavy atom. The Kier molecular flexibility index (Phi) is 5.53. The summed E-state index contributed by atoms with van der Waals surface area (Å²) in [5.41, 5.74) is 3.42. The zero-order valence-corrected chi connectivity index (χ0v) is 16.2.